The van der Waals surface area contributed by atoms with Gasteiger partial charge in [-0.2, -0.15) is 0 Å². The Hall–Kier alpha value is -1.55. The van der Waals surface area contributed by atoms with Gasteiger partial charge in [0.25, 0.3) is 0 Å². The van der Waals surface area contributed by atoms with Crippen LogP contribution in [0.3, 0.4) is 0 Å². The second-order valence-electron chi connectivity index (χ2n) is 4.64. The van der Waals surface area contributed by atoms with Crippen LogP contribution in [0.25, 0.3) is 0 Å². The van der Waals surface area contributed by atoms with Crippen molar-refractivity contribution in [1.82, 2.24) is 5.32 Å². The Morgan fingerprint density at radius 1 is 1.41 bits per heavy atom. The first-order chi connectivity index (χ1) is 8.06. The number of hydrogen-bond acceptors (Lipinski definition) is 3. The third-order valence-electron chi connectivity index (χ3n) is 3.23. The normalized spacial score (nSPS) is 18.5. The molecule has 0 spiro atoms. The maximum atomic E-state index is 11.7. The summed E-state index contributed by atoms with van der Waals surface area (Å²) < 4.78 is 5.10. The van der Waals surface area contributed by atoms with Gasteiger partial charge >= 0.3 is 0 Å². The summed E-state index contributed by atoms with van der Waals surface area (Å²) in [4.78, 5) is 11.7. The molecule has 1 amide bonds. The first-order valence-electron chi connectivity index (χ1n) is 5.78. The molecule has 1 aliphatic rings. The monoisotopic (exact) mass is 234 g/mol. The number of primary amides is 1. The average molecular weight is 234 g/mol. The van der Waals surface area contributed by atoms with Crippen molar-refractivity contribution in [3.05, 3.63) is 29.8 Å². The number of carbonyl (C=O) groups excluding carboxylic acids is 1. The van der Waals surface area contributed by atoms with Gasteiger partial charge in [-0.05, 0) is 37.5 Å². The minimum absolute atomic E-state index is 0.352. The molecule has 0 radical (unpaired) electrons. The van der Waals surface area contributed by atoms with Crippen molar-refractivity contribution in [2.45, 2.75) is 31.3 Å². The molecule has 0 aliphatic heterocycles. The summed E-state index contributed by atoms with van der Waals surface area (Å²) in [6.07, 6.45) is 2.22. The lowest BCUT2D eigenvalue weighted by molar-refractivity contribution is -0.124. The summed E-state index contributed by atoms with van der Waals surface area (Å²) in [5.41, 5.74) is 5.59. The Bertz CT molecular complexity index is 412. The molecule has 1 saturated carbocycles. The molecule has 1 aromatic carbocycles. The van der Waals surface area contributed by atoms with Crippen LogP contribution in [0, 0.1) is 0 Å². The van der Waals surface area contributed by atoms with Crippen molar-refractivity contribution in [2.75, 3.05) is 7.11 Å². The average Bonchev–Trinajstić information content (AvgIpc) is 3.12. The van der Waals surface area contributed by atoms with E-state index >= 15 is 0 Å². The number of rotatable bonds is 5. The molecule has 1 atom stereocenters. The lowest BCUT2D eigenvalue weighted by Crippen LogP contribution is -2.51. The SMILES string of the molecule is COc1ccc(C(C)(NC2CC2)C(N)=O)cc1. The van der Waals surface area contributed by atoms with E-state index < -0.39 is 5.54 Å². The molecule has 0 bridgehead atoms. The van der Waals surface area contributed by atoms with Crippen LogP contribution in [0.15, 0.2) is 24.3 Å². The topological polar surface area (TPSA) is 64.3 Å². The zero-order valence-electron chi connectivity index (χ0n) is 10.2. The number of nitrogens with one attached hydrogen (secondary N) is 1. The molecule has 1 aromatic rings. The smallest absolute Gasteiger partial charge is 0.242 e. The van der Waals surface area contributed by atoms with E-state index in [-0.39, 0.29) is 5.91 Å². The van der Waals surface area contributed by atoms with Crippen LogP contribution in [0.1, 0.15) is 25.3 Å². The maximum Gasteiger partial charge on any atom is 0.242 e. The molecule has 2 rings (SSSR count). The molecular formula is C13H18N2O2. The van der Waals surface area contributed by atoms with E-state index in [1.54, 1.807) is 7.11 Å². The van der Waals surface area contributed by atoms with E-state index in [9.17, 15) is 4.79 Å². The quantitative estimate of drug-likeness (QED) is 0.803. The van der Waals surface area contributed by atoms with E-state index in [1.807, 2.05) is 31.2 Å². The highest BCUT2D eigenvalue weighted by Crippen LogP contribution is 2.29. The van der Waals surface area contributed by atoms with Crippen LogP contribution in [0.4, 0.5) is 0 Å². The van der Waals surface area contributed by atoms with Gasteiger partial charge in [-0.25, -0.2) is 0 Å². The van der Waals surface area contributed by atoms with Gasteiger partial charge < -0.3 is 10.5 Å². The highest BCUT2D eigenvalue weighted by Gasteiger charge is 2.38. The summed E-state index contributed by atoms with van der Waals surface area (Å²) in [5, 5.41) is 3.31. The largest absolute Gasteiger partial charge is 0.497 e. The predicted octanol–water partition coefficient (Wildman–Crippen LogP) is 1.15. The van der Waals surface area contributed by atoms with E-state index in [0.717, 1.165) is 24.2 Å². The van der Waals surface area contributed by atoms with Crippen molar-refractivity contribution < 1.29 is 9.53 Å². The number of amides is 1. The van der Waals surface area contributed by atoms with Gasteiger partial charge in [-0.3, -0.25) is 10.1 Å². The molecular weight excluding hydrogens is 216 g/mol. The predicted molar refractivity (Wildman–Crippen MR) is 65.7 cm³/mol. The lowest BCUT2D eigenvalue weighted by Gasteiger charge is -2.28. The molecule has 0 heterocycles. The molecule has 92 valence electrons. The number of nitrogens with two attached hydrogens (primary N) is 1. The van der Waals surface area contributed by atoms with Crippen LogP contribution in [-0.4, -0.2) is 19.1 Å². The summed E-state index contributed by atoms with van der Waals surface area (Å²) in [6, 6.07) is 7.84. The van der Waals surface area contributed by atoms with Crippen LogP contribution in [0.5, 0.6) is 5.75 Å². The van der Waals surface area contributed by atoms with Crippen molar-refractivity contribution in [3.8, 4) is 5.75 Å². The number of methoxy groups -OCH3 is 1. The van der Waals surface area contributed by atoms with E-state index in [0.29, 0.717) is 6.04 Å². The third-order valence-corrected chi connectivity index (χ3v) is 3.23. The second kappa shape index (κ2) is 4.37. The molecule has 1 aliphatic carbocycles. The van der Waals surface area contributed by atoms with Crippen molar-refractivity contribution in [2.24, 2.45) is 5.73 Å². The Morgan fingerprint density at radius 2 is 2.00 bits per heavy atom. The Kier molecular flexibility index (Phi) is 3.07. The third kappa shape index (κ3) is 2.42. The molecule has 4 nitrogen and oxygen atoms in total. The number of benzene rings is 1. The Labute approximate surface area is 101 Å². The van der Waals surface area contributed by atoms with E-state index in [2.05, 4.69) is 5.32 Å². The van der Waals surface area contributed by atoms with Crippen molar-refractivity contribution in [3.63, 3.8) is 0 Å². The first-order valence-corrected chi connectivity index (χ1v) is 5.78. The molecule has 17 heavy (non-hydrogen) atoms. The number of hydrogen-bond donors (Lipinski definition) is 2. The highest BCUT2D eigenvalue weighted by atomic mass is 16.5. The van der Waals surface area contributed by atoms with Crippen LogP contribution in [0.2, 0.25) is 0 Å². The summed E-state index contributed by atoms with van der Waals surface area (Å²) in [5.74, 6) is 0.418. The zero-order chi connectivity index (χ0) is 12.5. The van der Waals surface area contributed by atoms with Crippen molar-refractivity contribution >= 4 is 5.91 Å². The Balaban J connectivity index is 2.27. The molecule has 1 fully saturated rings. The van der Waals surface area contributed by atoms with Crippen LogP contribution < -0.4 is 15.8 Å². The van der Waals surface area contributed by atoms with Gasteiger partial charge in [0.1, 0.15) is 11.3 Å². The first kappa shape index (κ1) is 11.9. The molecule has 0 saturated heterocycles. The summed E-state index contributed by atoms with van der Waals surface area (Å²) >= 11 is 0. The van der Waals surface area contributed by atoms with Gasteiger partial charge in [0.05, 0.1) is 7.11 Å². The molecule has 3 N–H and O–H groups in total. The Morgan fingerprint density at radius 3 is 2.41 bits per heavy atom. The summed E-state index contributed by atoms with van der Waals surface area (Å²) in [6.45, 7) is 1.83. The van der Waals surface area contributed by atoms with E-state index in [1.165, 1.54) is 0 Å². The fourth-order valence-corrected chi connectivity index (χ4v) is 1.86. The highest BCUT2D eigenvalue weighted by molar-refractivity contribution is 5.85. The van der Waals surface area contributed by atoms with Crippen molar-refractivity contribution in [1.29, 1.82) is 0 Å². The molecule has 0 aromatic heterocycles. The fourth-order valence-electron chi connectivity index (χ4n) is 1.86. The van der Waals surface area contributed by atoms with Crippen LogP contribution >= 0.6 is 0 Å². The standard InChI is InChI=1S/C13H18N2O2/c1-13(12(14)16,15-10-5-6-10)9-3-7-11(17-2)8-4-9/h3-4,7-8,10,15H,5-6H2,1-2H3,(H2,14,16). The van der Waals surface area contributed by atoms with E-state index in [4.69, 9.17) is 10.5 Å². The van der Waals surface area contributed by atoms with Gasteiger partial charge in [-0.15, -0.1) is 0 Å². The summed E-state index contributed by atoms with van der Waals surface area (Å²) in [7, 11) is 1.62. The number of ether oxygens (including phenoxy) is 1. The van der Waals surface area contributed by atoms with Gasteiger partial charge in [-0.1, -0.05) is 12.1 Å². The second-order valence-corrected chi connectivity index (χ2v) is 4.64. The fraction of sp³-hybridized carbons (Fsp3) is 0.462. The lowest BCUT2D eigenvalue weighted by atomic mass is 9.91. The zero-order valence-corrected chi connectivity index (χ0v) is 10.2. The molecule has 1 unspecified atom stereocenters. The van der Waals surface area contributed by atoms with Gasteiger partial charge in [0, 0.05) is 6.04 Å². The minimum atomic E-state index is -0.798. The molecule has 4 heteroatoms. The van der Waals surface area contributed by atoms with Gasteiger partial charge in [0.15, 0.2) is 0 Å². The number of carbonyl (C=O) groups is 1. The van der Waals surface area contributed by atoms with Crippen LogP contribution in [-0.2, 0) is 10.3 Å². The maximum absolute atomic E-state index is 11.7. The van der Waals surface area contributed by atoms with Gasteiger partial charge in [0.2, 0.25) is 5.91 Å². The minimum Gasteiger partial charge on any atom is -0.497 e.